The minimum Gasteiger partial charge on any atom is -0.453 e. The molecule has 13 heteroatoms. The highest BCUT2D eigenvalue weighted by molar-refractivity contribution is 5.86. The van der Waals surface area contributed by atoms with Crippen LogP contribution in [0.5, 0.6) is 0 Å². The van der Waals surface area contributed by atoms with Gasteiger partial charge in [-0.05, 0) is 80.1 Å². The molecule has 2 aliphatic heterocycles. The lowest BCUT2D eigenvalue weighted by atomic mass is 10.0. The van der Waals surface area contributed by atoms with Crippen LogP contribution in [0, 0.1) is 5.82 Å². The van der Waals surface area contributed by atoms with E-state index in [-0.39, 0.29) is 29.9 Å². The maximum absolute atomic E-state index is 15.7. The standard InChI is InChI=1S/C43H49FN8O4/c1-5-50(6-2)38(30-12-8-7-9-13-30)42(54)52-23-11-15-37(52)39-45-25-34(48-39)29-18-16-28(17-19-29)31-20-21-32(33(44)24-31)35-26-46-40(49-35)36-14-10-22-51(36)41(53)27(3)47-43(55)56-4/h7-9,12-13,16-21,24-27,36-38H,5-6,10-11,14-15,22-23H2,1-4H3,(H,45,48)(H,46,49)(H,47,55)/t27-,36-,37-,38+/m0/s1. The van der Waals surface area contributed by atoms with E-state index in [4.69, 9.17) is 4.98 Å². The first kappa shape index (κ1) is 38.5. The number of likely N-dealkylation sites (tertiary alicyclic amines) is 2. The smallest absolute Gasteiger partial charge is 0.407 e. The van der Waals surface area contributed by atoms with Crippen LogP contribution in [0.15, 0.2) is 85.2 Å². The zero-order chi connectivity index (χ0) is 39.3. The Bertz CT molecular complexity index is 2150. The molecule has 4 heterocycles. The van der Waals surface area contributed by atoms with Gasteiger partial charge < -0.3 is 29.8 Å². The van der Waals surface area contributed by atoms with Gasteiger partial charge in [-0.25, -0.2) is 19.2 Å². The van der Waals surface area contributed by atoms with Crippen LogP contribution in [0.2, 0.25) is 0 Å². The minimum absolute atomic E-state index is 0.101. The molecule has 0 unspecified atom stereocenters. The number of alkyl carbamates (subject to hydrolysis) is 1. The van der Waals surface area contributed by atoms with Gasteiger partial charge in [0.15, 0.2) is 0 Å². The largest absolute Gasteiger partial charge is 0.453 e. The number of hydrogen-bond acceptors (Lipinski definition) is 7. The van der Waals surface area contributed by atoms with Crippen molar-refractivity contribution in [1.82, 2.24) is 40.0 Å². The second kappa shape index (κ2) is 16.9. The van der Waals surface area contributed by atoms with Gasteiger partial charge in [0.05, 0.1) is 43.0 Å². The molecule has 0 saturated carbocycles. The molecule has 0 bridgehead atoms. The molecule has 2 aromatic heterocycles. The normalized spacial score (nSPS) is 18.0. The highest BCUT2D eigenvalue weighted by Gasteiger charge is 2.38. The SMILES string of the molecule is CCN(CC)[C@@H](C(=O)N1CCC[C@H]1c1ncc(-c2ccc(-c3ccc(-c4cnc([C@@H]5CCCN5C(=O)[C@H](C)NC(=O)OC)[nH]4)c(F)c3)cc2)[nH]1)c1ccccc1. The zero-order valence-corrected chi connectivity index (χ0v) is 32.3. The van der Waals surface area contributed by atoms with E-state index in [0.29, 0.717) is 36.6 Å². The fourth-order valence-corrected chi connectivity index (χ4v) is 8.12. The number of ether oxygens (including phenoxy) is 1. The monoisotopic (exact) mass is 760 g/mol. The predicted molar refractivity (Wildman–Crippen MR) is 211 cm³/mol. The number of likely N-dealkylation sites (N-methyl/N-ethyl adjacent to an activating group) is 1. The summed E-state index contributed by atoms with van der Waals surface area (Å²) in [6, 6.07) is 21.5. The second-order valence-corrected chi connectivity index (χ2v) is 14.4. The Morgan fingerprint density at radius 2 is 1.39 bits per heavy atom. The summed E-state index contributed by atoms with van der Waals surface area (Å²) >= 11 is 0. The van der Waals surface area contributed by atoms with Crippen LogP contribution in [-0.4, -0.2) is 91.9 Å². The first-order chi connectivity index (χ1) is 27.2. The maximum Gasteiger partial charge on any atom is 0.407 e. The number of hydrogen-bond donors (Lipinski definition) is 3. The first-order valence-corrected chi connectivity index (χ1v) is 19.5. The van der Waals surface area contributed by atoms with Gasteiger partial charge in [-0.1, -0.05) is 74.5 Å². The van der Waals surface area contributed by atoms with Crippen molar-refractivity contribution in [3.63, 3.8) is 0 Å². The lowest BCUT2D eigenvalue weighted by Gasteiger charge is -2.34. The second-order valence-electron chi connectivity index (χ2n) is 14.4. The van der Waals surface area contributed by atoms with Crippen molar-refractivity contribution in [2.24, 2.45) is 0 Å². The number of carbonyl (C=O) groups is 3. The molecule has 3 amide bonds. The van der Waals surface area contributed by atoms with Crippen LogP contribution in [0.25, 0.3) is 33.6 Å². The molecular weight excluding hydrogens is 712 g/mol. The predicted octanol–water partition coefficient (Wildman–Crippen LogP) is 7.43. The Balaban J connectivity index is 1.03. The Labute approximate surface area is 326 Å². The number of benzene rings is 3. The van der Waals surface area contributed by atoms with Crippen molar-refractivity contribution in [2.75, 3.05) is 33.3 Å². The number of nitrogens with one attached hydrogen (secondary N) is 3. The van der Waals surface area contributed by atoms with E-state index in [2.05, 4.69) is 43.8 Å². The van der Waals surface area contributed by atoms with Crippen molar-refractivity contribution in [1.29, 1.82) is 0 Å². The van der Waals surface area contributed by atoms with Crippen LogP contribution in [0.4, 0.5) is 9.18 Å². The zero-order valence-electron chi connectivity index (χ0n) is 32.3. The first-order valence-electron chi connectivity index (χ1n) is 19.5. The molecule has 2 saturated heterocycles. The van der Waals surface area contributed by atoms with Crippen LogP contribution in [0.3, 0.4) is 0 Å². The van der Waals surface area contributed by atoms with Crippen LogP contribution >= 0.6 is 0 Å². The van der Waals surface area contributed by atoms with E-state index in [1.54, 1.807) is 24.1 Å². The third-order valence-electron chi connectivity index (χ3n) is 11.1. The molecule has 0 radical (unpaired) electrons. The minimum atomic E-state index is -0.759. The summed E-state index contributed by atoms with van der Waals surface area (Å²) in [5, 5.41) is 2.53. The summed E-state index contributed by atoms with van der Waals surface area (Å²) in [6.45, 7) is 8.56. The number of imidazole rings is 2. The van der Waals surface area contributed by atoms with Crippen molar-refractivity contribution in [3.05, 3.63) is 108 Å². The molecule has 292 valence electrons. The average molecular weight is 761 g/mol. The molecule has 0 spiro atoms. The fraction of sp³-hybridized carbons (Fsp3) is 0.372. The number of amides is 3. The van der Waals surface area contributed by atoms with Gasteiger partial charge in [0, 0.05) is 18.7 Å². The summed E-state index contributed by atoms with van der Waals surface area (Å²) in [5.74, 6) is 0.811. The number of carbonyl (C=O) groups excluding carboxylic acids is 3. The topological polar surface area (TPSA) is 140 Å². The number of H-pyrrole nitrogens is 2. The maximum atomic E-state index is 15.7. The summed E-state index contributed by atoms with van der Waals surface area (Å²) in [4.78, 5) is 60.8. The van der Waals surface area contributed by atoms with Crippen molar-refractivity contribution < 1.29 is 23.5 Å². The van der Waals surface area contributed by atoms with E-state index < -0.39 is 18.0 Å². The van der Waals surface area contributed by atoms with Crippen molar-refractivity contribution in [3.8, 4) is 33.6 Å². The number of methoxy groups -OCH3 is 1. The average Bonchev–Trinajstić information content (AvgIpc) is 4.07. The molecule has 3 aromatic carbocycles. The van der Waals surface area contributed by atoms with Gasteiger partial charge >= 0.3 is 6.09 Å². The summed E-state index contributed by atoms with van der Waals surface area (Å²) in [5.41, 5.74) is 5.26. The van der Waals surface area contributed by atoms with E-state index in [9.17, 15) is 14.4 Å². The lowest BCUT2D eigenvalue weighted by molar-refractivity contribution is -0.138. The van der Waals surface area contributed by atoms with Gasteiger partial charge in [-0.2, -0.15) is 0 Å². The van der Waals surface area contributed by atoms with Crippen LogP contribution < -0.4 is 5.32 Å². The van der Waals surface area contributed by atoms with E-state index in [0.717, 1.165) is 66.1 Å². The van der Waals surface area contributed by atoms with Crippen molar-refractivity contribution in [2.45, 2.75) is 70.6 Å². The Morgan fingerprint density at radius 1 is 0.821 bits per heavy atom. The quantitative estimate of drug-likeness (QED) is 0.120. The Kier molecular flexibility index (Phi) is 11.6. The molecule has 2 fully saturated rings. The van der Waals surface area contributed by atoms with Gasteiger partial charge in [0.2, 0.25) is 11.8 Å². The fourth-order valence-electron chi connectivity index (χ4n) is 8.12. The third kappa shape index (κ3) is 7.81. The van der Waals surface area contributed by atoms with Gasteiger partial charge in [0.25, 0.3) is 0 Å². The Hall–Kier alpha value is -5.82. The third-order valence-corrected chi connectivity index (χ3v) is 11.1. The number of aromatic amines is 2. The van der Waals surface area contributed by atoms with Gasteiger partial charge in [-0.15, -0.1) is 0 Å². The van der Waals surface area contributed by atoms with E-state index in [1.807, 2.05) is 71.8 Å². The van der Waals surface area contributed by atoms with Gasteiger partial charge in [0.1, 0.15) is 29.5 Å². The molecule has 4 atom stereocenters. The molecule has 3 N–H and O–H groups in total. The Morgan fingerprint density at radius 3 is 2.00 bits per heavy atom. The molecule has 56 heavy (non-hydrogen) atoms. The number of nitrogens with zero attached hydrogens (tertiary/aromatic N) is 5. The van der Waals surface area contributed by atoms with Crippen LogP contribution in [-0.2, 0) is 14.3 Å². The van der Waals surface area contributed by atoms with Crippen molar-refractivity contribution >= 4 is 17.9 Å². The number of halogens is 1. The number of rotatable bonds is 12. The van der Waals surface area contributed by atoms with E-state index >= 15 is 4.39 Å². The lowest BCUT2D eigenvalue weighted by Crippen LogP contribution is -2.46. The molecule has 7 rings (SSSR count). The molecule has 5 aromatic rings. The van der Waals surface area contributed by atoms with Crippen LogP contribution in [0.1, 0.15) is 81.8 Å². The molecule has 12 nitrogen and oxygen atoms in total. The molecule has 2 aliphatic rings. The number of aromatic nitrogens is 4. The summed E-state index contributed by atoms with van der Waals surface area (Å²) < 4.78 is 20.3. The summed E-state index contributed by atoms with van der Waals surface area (Å²) in [7, 11) is 1.25. The van der Waals surface area contributed by atoms with Gasteiger partial charge in [-0.3, -0.25) is 14.5 Å². The van der Waals surface area contributed by atoms with E-state index in [1.165, 1.54) is 13.2 Å². The molecular formula is C43H49FN8O4. The highest BCUT2D eigenvalue weighted by atomic mass is 19.1. The molecule has 0 aliphatic carbocycles. The summed E-state index contributed by atoms with van der Waals surface area (Å²) in [6.07, 6.45) is 5.97. The highest BCUT2D eigenvalue weighted by Crippen LogP contribution is 2.37.